The van der Waals surface area contributed by atoms with Crippen molar-refractivity contribution in [2.75, 3.05) is 24.4 Å². The first kappa shape index (κ1) is 17.1. The standard InChI is InChI=1S/C15H16N2O.H2O4S/c1-10-8-9-13-14(15(10)18-3)16-11-6-4-5-7-12(11)17(13)2;1-5(2,3)4/h4-9,16H,1-3H3;(H2,1,2,3,4). The minimum Gasteiger partial charge on any atom is -0.494 e. The summed E-state index contributed by atoms with van der Waals surface area (Å²) in [6, 6.07) is 12.5. The molecule has 0 atom stereocenters. The van der Waals surface area contributed by atoms with Gasteiger partial charge in [0.15, 0.2) is 0 Å². The van der Waals surface area contributed by atoms with E-state index in [1.807, 2.05) is 12.1 Å². The van der Waals surface area contributed by atoms with Gasteiger partial charge in [0.05, 0.1) is 24.2 Å². The zero-order valence-electron chi connectivity index (χ0n) is 12.9. The maximum absolute atomic E-state index is 8.74. The molecule has 124 valence electrons. The highest BCUT2D eigenvalue weighted by molar-refractivity contribution is 7.79. The number of hydrogen-bond acceptors (Lipinski definition) is 5. The van der Waals surface area contributed by atoms with Gasteiger partial charge < -0.3 is 15.0 Å². The van der Waals surface area contributed by atoms with Crippen LogP contribution in [0.5, 0.6) is 5.75 Å². The number of hydrogen-bond donors (Lipinski definition) is 3. The molecule has 0 unspecified atom stereocenters. The van der Waals surface area contributed by atoms with E-state index < -0.39 is 10.4 Å². The number of nitrogens with one attached hydrogen (secondary N) is 1. The fraction of sp³-hybridized carbons (Fsp3) is 0.200. The highest BCUT2D eigenvalue weighted by Gasteiger charge is 2.22. The fourth-order valence-electron chi connectivity index (χ4n) is 2.48. The number of fused-ring (bicyclic) bond motifs is 2. The van der Waals surface area contributed by atoms with Crippen molar-refractivity contribution in [2.24, 2.45) is 0 Å². The maximum Gasteiger partial charge on any atom is 0.394 e. The van der Waals surface area contributed by atoms with E-state index in [-0.39, 0.29) is 0 Å². The van der Waals surface area contributed by atoms with Crippen LogP contribution in [0.25, 0.3) is 0 Å². The number of ether oxygens (including phenoxy) is 1. The van der Waals surface area contributed by atoms with Gasteiger partial charge in [-0.15, -0.1) is 0 Å². The molecule has 0 aliphatic carbocycles. The molecule has 2 aromatic rings. The third kappa shape index (κ3) is 3.92. The molecule has 1 aliphatic rings. The molecule has 0 aromatic heterocycles. The molecule has 1 aliphatic heterocycles. The Labute approximate surface area is 135 Å². The topological polar surface area (TPSA) is 99.1 Å². The number of para-hydroxylation sites is 2. The molecule has 0 saturated heterocycles. The van der Waals surface area contributed by atoms with E-state index in [0.717, 1.165) is 28.4 Å². The van der Waals surface area contributed by atoms with Crippen LogP contribution in [-0.4, -0.2) is 31.7 Å². The minimum atomic E-state index is -4.67. The molecule has 0 saturated carbocycles. The van der Waals surface area contributed by atoms with Gasteiger partial charge >= 0.3 is 10.4 Å². The SMILES string of the molecule is COc1c(C)ccc2c1Nc1ccccc1N2C.O=S(=O)(O)O. The van der Waals surface area contributed by atoms with Gasteiger partial charge in [0, 0.05) is 7.05 Å². The average molecular weight is 338 g/mol. The van der Waals surface area contributed by atoms with Crippen molar-refractivity contribution in [3.8, 4) is 5.75 Å². The van der Waals surface area contributed by atoms with E-state index in [4.69, 9.17) is 22.3 Å². The molecule has 23 heavy (non-hydrogen) atoms. The fourth-order valence-corrected chi connectivity index (χ4v) is 2.48. The lowest BCUT2D eigenvalue weighted by atomic mass is 10.1. The molecule has 0 amide bonds. The van der Waals surface area contributed by atoms with Crippen LogP contribution >= 0.6 is 0 Å². The monoisotopic (exact) mass is 338 g/mol. The number of methoxy groups -OCH3 is 1. The van der Waals surface area contributed by atoms with Gasteiger partial charge in [-0.3, -0.25) is 9.11 Å². The third-order valence-corrected chi connectivity index (χ3v) is 3.42. The summed E-state index contributed by atoms with van der Waals surface area (Å²) in [5, 5.41) is 3.46. The molecule has 3 rings (SSSR count). The lowest BCUT2D eigenvalue weighted by Crippen LogP contribution is -2.18. The molecule has 1 heterocycles. The molecule has 0 fully saturated rings. The number of rotatable bonds is 1. The second-order valence-corrected chi connectivity index (χ2v) is 5.85. The Morgan fingerprint density at radius 2 is 1.70 bits per heavy atom. The van der Waals surface area contributed by atoms with Crippen molar-refractivity contribution >= 4 is 33.1 Å². The van der Waals surface area contributed by atoms with Crippen LogP contribution in [0.4, 0.5) is 22.7 Å². The predicted molar refractivity (Wildman–Crippen MR) is 89.7 cm³/mol. The van der Waals surface area contributed by atoms with Gasteiger partial charge in [0.1, 0.15) is 11.4 Å². The Bertz CT molecular complexity index is 813. The third-order valence-electron chi connectivity index (χ3n) is 3.42. The molecule has 0 bridgehead atoms. The largest absolute Gasteiger partial charge is 0.494 e. The summed E-state index contributed by atoms with van der Waals surface area (Å²) < 4.78 is 37.1. The summed E-state index contributed by atoms with van der Waals surface area (Å²) in [5.41, 5.74) is 5.60. The Morgan fingerprint density at radius 3 is 2.30 bits per heavy atom. The van der Waals surface area contributed by atoms with E-state index in [0.29, 0.717) is 0 Å². The van der Waals surface area contributed by atoms with E-state index >= 15 is 0 Å². The van der Waals surface area contributed by atoms with Gasteiger partial charge in [0.2, 0.25) is 0 Å². The van der Waals surface area contributed by atoms with Crippen LogP contribution in [-0.2, 0) is 10.4 Å². The van der Waals surface area contributed by atoms with E-state index in [2.05, 4.69) is 48.5 Å². The van der Waals surface area contributed by atoms with Crippen molar-refractivity contribution in [1.29, 1.82) is 0 Å². The lowest BCUT2D eigenvalue weighted by Gasteiger charge is -2.32. The summed E-state index contributed by atoms with van der Waals surface area (Å²) in [6.45, 7) is 2.06. The second-order valence-electron chi connectivity index (χ2n) is 4.96. The molecule has 3 N–H and O–H groups in total. The smallest absolute Gasteiger partial charge is 0.394 e. The van der Waals surface area contributed by atoms with Crippen molar-refractivity contribution in [2.45, 2.75) is 6.92 Å². The summed E-state index contributed by atoms with van der Waals surface area (Å²) in [5.74, 6) is 0.911. The summed E-state index contributed by atoms with van der Waals surface area (Å²) in [6.07, 6.45) is 0. The number of anilines is 4. The summed E-state index contributed by atoms with van der Waals surface area (Å²) >= 11 is 0. The van der Waals surface area contributed by atoms with Crippen molar-refractivity contribution in [1.82, 2.24) is 0 Å². The minimum absolute atomic E-state index is 0.911. The molecule has 8 heteroatoms. The predicted octanol–water partition coefficient (Wildman–Crippen LogP) is 3.18. The molecular formula is C15H18N2O5S. The molecule has 0 radical (unpaired) electrons. The van der Waals surface area contributed by atoms with Gasteiger partial charge in [-0.1, -0.05) is 18.2 Å². The normalized spacial score (nSPS) is 12.3. The van der Waals surface area contributed by atoms with Crippen LogP contribution in [0.1, 0.15) is 5.56 Å². The molecular weight excluding hydrogens is 320 g/mol. The highest BCUT2D eigenvalue weighted by atomic mass is 32.3. The maximum atomic E-state index is 8.74. The molecule has 7 nitrogen and oxygen atoms in total. The van der Waals surface area contributed by atoms with Crippen LogP contribution in [0, 0.1) is 6.92 Å². The van der Waals surface area contributed by atoms with E-state index in [1.165, 1.54) is 5.69 Å². The molecule has 0 spiro atoms. The quantitative estimate of drug-likeness (QED) is 0.687. The number of benzene rings is 2. The molecule has 2 aromatic carbocycles. The zero-order chi connectivity index (χ0) is 17.2. The van der Waals surface area contributed by atoms with Crippen molar-refractivity contribution in [3.63, 3.8) is 0 Å². The van der Waals surface area contributed by atoms with Crippen molar-refractivity contribution in [3.05, 3.63) is 42.0 Å². The average Bonchev–Trinajstić information content (AvgIpc) is 2.46. The van der Waals surface area contributed by atoms with E-state index in [1.54, 1.807) is 7.11 Å². The van der Waals surface area contributed by atoms with Crippen LogP contribution in [0.2, 0.25) is 0 Å². The van der Waals surface area contributed by atoms with Crippen LogP contribution in [0.3, 0.4) is 0 Å². The number of nitrogens with zero attached hydrogens (tertiary/aromatic N) is 1. The van der Waals surface area contributed by atoms with Gasteiger partial charge in [0.25, 0.3) is 0 Å². The lowest BCUT2D eigenvalue weighted by molar-refractivity contribution is 0.381. The Morgan fingerprint density at radius 1 is 1.09 bits per heavy atom. The summed E-state index contributed by atoms with van der Waals surface area (Å²) in [4.78, 5) is 2.18. The highest BCUT2D eigenvalue weighted by Crippen LogP contribution is 2.47. The van der Waals surface area contributed by atoms with Crippen LogP contribution < -0.4 is 15.0 Å². The first-order chi connectivity index (χ1) is 10.7. The second kappa shape index (κ2) is 6.45. The Balaban J connectivity index is 0.000000338. The van der Waals surface area contributed by atoms with E-state index in [9.17, 15) is 0 Å². The Kier molecular flexibility index (Phi) is 4.79. The Hall–Kier alpha value is -2.29. The van der Waals surface area contributed by atoms with Gasteiger partial charge in [-0.2, -0.15) is 8.42 Å². The zero-order valence-corrected chi connectivity index (χ0v) is 13.8. The first-order valence-electron chi connectivity index (χ1n) is 6.69. The number of aryl methyl sites for hydroxylation is 1. The van der Waals surface area contributed by atoms with Crippen LogP contribution in [0.15, 0.2) is 36.4 Å². The van der Waals surface area contributed by atoms with Gasteiger partial charge in [-0.05, 0) is 30.7 Å². The van der Waals surface area contributed by atoms with Crippen molar-refractivity contribution < 1.29 is 22.3 Å². The van der Waals surface area contributed by atoms with Gasteiger partial charge in [-0.25, -0.2) is 0 Å². The first-order valence-corrected chi connectivity index (χ1v) is 8.09. The summed E-state index contributed by atoms with van der Waals surface area (Å²) in [7, 11) is -0.877.